The zero-order valence-electron chi connectivity index (χ0n) is 11.3. The van der Waals surface area contributed by atoms with Crippen molar-refractivity contribution in [2.45, 2.75) is 12.7 Å². The Hall–Kier alpha value is -2.07. The predicted octanol–water partition coefficient (Wildman–Crippen LogP) is 1.04. The zero-order chi connectivity index (χ0) is 15.2. The van der Waals surface area contributed by atoms with Gasteiger partial charge in [0.2, 0.25) is 0 Å². The molecule has 0 spiro atoms. The lowest BCUT2D eigenvalue weighted by Gasteiger charge is -2.07. The number of esters is 1. The normalized spacial score (nSPS) is 10.7. The lowest BCUT2D eigenvalue weighted by molar-refractivity contribution is -0.139. The number of nitriles is 1. The van der Waals surface area contributed by atoms with Crippen LogP contribution < -0.4 is 4.74 Å². The van der Waals surface area contributed by atoms with Crippen LogP contribution in [-0.4, -0.2) is 33.9 Å². The van der Waals surface area contributed by atoms with E-state index in [-0.39, 0.29) is 17.9 Å². The highest BCUT2D eigenvalue weighted by molar-refractivity contribution is 7.91. The molecule has 0 aliphatic rings. The number of benzene rings is 1. The zero-order valence-corrected chi connectivity index (χ0v) is 12.1. The second-order valence-electron chi connectivity index (χ2n) is 3.98. The molecular formula is C13H15NO5S. The fourth-order valence-electron chi connectivity index (χ4n) is 1.62. The van der Waals surface area contributed by atoms with E-state index in [0.29, 0.717) is 11.3 Å². The van der Waals surface area contributed by atoms with Gasteiger partial charge >= 0.3 is 5.97 Å². The molecule has 20 heavy (non-hydrogen) atoms. The van der Waals surface area contributed by atoms with Crippen LogP contribution in [0.2, 0.25) is 0 Å². The molecule has 108 valence electrons. The third-order valence-electron chi connectivity index (χ3n) is 2.41. The molecule has 0 atom stereocenters. The first-order chi connectivity index (χ1) is 9.41. The largest absolute Gasteiger partial charge is 0.495 e. The van der Waals surface area contributed by atoms with Crippen molar-refractivity contribution in [2.75, 3.05) is 19.5 Å². The second-order valence-corrected chi connectivity index (χ2v) is 6.05. The molecule has 0 unspecified atom stereocenters. The van der Waals surface area contributed by atoms with E-state index in [4.69, 9.17) is 10.00 Å². The van der Waals surface area contributed by atoms with Gasteiger partial charge in [0, 0.05) is 0 Å². The molecule has 0 amide bonds. The van der Waals surface area contributed by atoms with Crippen molar-refractivity contribution in [1.82, 2.24) is 0 Å². The lowest BCUT2D eigenvalue weighted by Crippen LogP contribution is -2.20. The fourth-order valence-corrected chi connectivity index (χ4v) is 2.85. The van der Waals surface area contributed by atoms with Gasteiger partial charge in [-0.25, -0.2) is 8.42 Å². The first kappa shape index (κ1) is 16.0. The van der Waals surface area contributed by atoms with E-state index in [1.54, 1.807) is 13.0 Å². The summed E-state index contributed by atoms with van der Waals surface area (Å²) in [6.07, 6.45) is 0. The van der Waals surface area contributed by atoms with E-state index in [1.165, 1.54) is 19.2 Å². The number of sulfone groups is 1. The van der Waals surface area contributed by atoms with Gasteiger partial charge in [-0.05, 0) is 24.6 Å². The minimum absolute atomic E-state index is 0.134. The summed E-state index contributed by atoms with van der Waals surface area (Å²) in [6, 6.07) is 6.42. The monoisotopic (exact) mass is 297 g/mol. The van der Waals surface area contributed by atoms with Crippen LogP contribution in [0.3, 0.4) is 0 Å². The molecule has 0 aliphatic heterocycles. The van der Waals surface area contributed by atoms with E-state index in [9.17, 15) is 13.2 Å². The maximum atomic E-state index is 11.8. The number of carbonyl (C=O) groups is 1. The van der Waals surface area contributed by atoms with Crippen molar-refractivity contribution in [3.63, 3.8) is 0 Å². The lowest BCUT2D eigenvalue weighted by atomic mass is 10.1. The highest BCUT2D eigenvalue weighted by atomic mass is 32.2. The van der Waals surface area contributed by atoms with Gasteiger partial charge in [0.25, 0.3) is 0 Å². The predicted molar refractivity (Wildman–Crippen MR) is 71.8 cm³/mol. The molecule has 0 N–H and O–H groups in total. The number of hydrogen-bond donors (Lipinski definition) is 0. The Morgan fingerprint density at radius 1 is 1.40 bits per heavy atom. The van der Waals surface area contributed by atoms with Crippen LogP contribution in [0.1, 0.15) is 18.1 Å². The van der Waals surface area contributed by atoms with Gasteiger partial charge < -0.3 is 9.47 Å². The molecule has 0 fully saturated rings. The molecule has 6 nitrogen and oxygen atoms in total. The topological polar surface area (TPSA) is 93.5 Å². The van der Waals surface area contributed by atoms with E-state index < -0.39 is 21.6 Å². The minimum Gasteiger partial charge on any atom is -0.495 e. The highest BCUT2D eigenvalue weighted by Gasteiger charge is 2.19. The van der Waals surface area contributed by atoms with Crippen LogP contribution in [0.4, 0.5) is 0 Å². The van der Waals surface area contributed by atoms with Crippen LogP contribution in [-0.2, 0) is 25.1 Å². The van der Waals surface area contributed by atoms with Gasteiger partial charge in [0.15, 0.2) is 9.84 Å². The van der Waals surface area contributed by atoms with Gasteiger partial charge in [0.1, 0.15) is 17.6 Å². The Kier molecular flexibility index (Phi) is 5.53. The van der Waals surface area contributed by atoms with Crippen molar-refractivity contribution < 1.29 is 22.7 Å². The molecule has 0 aliphatic carbocycles. The molecular weight excluding hydrogens is 282 g/mol. The Morgan fingerprint density at radius 2 is 2.10 bits per heavy atom. The molecule has 1 aromatic carbocycles. The first-order valence-electron chi connectivity index (χ1n) is 5.85. The smallest absolute Gasteiger partial charge is 0.321 e. The summed E-state index contributed by atoms with van der Waals surface area (Å²) in [5, 5.41) is 8.93. The standard InChI is InChI=1S/C13H15NO5S/c1-3-19-13(15)9-20(16,17)8-10-4-5-12(18-2)11(6-10)7-14/h4-6H,3,8-9H2,1-2H3. The number of rotatable bonds is 6. The third-order valence-corrected chi connectivity index (χ3v) is 3.86. The van der Waals surface area contributed by atoms with E-state index in [0.717, 1.165) is 0 Å². The molecule has 0 bridgehead atoms. The first-order valence-corrected chi connectivity index (χ1v) is 7.67. The van der Waals surface area contributed by atoms with Crippen LogP contribution >= 0.6 is 0 Å². The quantitative estimate of drug-likeness (QED) is 0.728. The summed E-state index contributed by atoms with van der Waals surface area (Å²) in [7, 11) is -2.20. The van der Waals surface area contributed by atoms with E-state index >= 15 is 0 Å². The second kappa shape index (κ2) is 6.91. The third kappa shape index (κ3) is 4.55. The SMILES string of the molecule is CCOC(=O)CS(=O)(=O)Cc1ccc(OC)c(C#N)c1. The number of nitrogens with zero attached hydrogens (tertiary/aromatic N) is 1. The van der Waals surface area contributed by atoms with Gasteiger partial charge in [-0.1, -0.05) is 6.07 Å². The molecule has 1 rings (SSSR count). The van der Waals surface area contributed by atoms with E-state index in [1.807, 2.05) is 6.07 Å². The van der Waals surface area contributed by atoms with Crippen molar-refractivity contribution in [3.8, 4) is 11.8 Å². The molecule has 1 aromatic rings. The molecule has 7 heteroatoms. The number of carbonyl (C=O) groups excluding carboxylic acids is 1. The van der Waals surface area contributed by atoms with Crippen molar-refractivity contribution >= 4 is 15.8 Å². The highest BCUT2D eigenvalue weighted by Crippen LogP contribution is 2.20. The van der Waals surface area contributed by atoms with Gasteiger partial charge in [-0.15, -0.1) is 0 Å². The van der Waals surface area contributed by atoms with Gasteiger partial charge in [-0.3, -0.25) is 4.79 Å². The number of methoxy groups -OCH3 is 1. The number of hydrogen-bond acceptors (Lipinski definition) is 6. The summed E-state index contributed by atoms with van der Waals surface area (Å²) < 4.78 is 33.2. The summed E-state index contributed by atoms with van der Waals surface area (Å²) in [6.45, 7) is 1.74. The maximum Gasteiger partial charge on any atom is 0.321 e. The van der Waals surface area contributed by atoms with Crippen LogP contribution in [0, 0.1) is 11.3 Å². The molecule has 0 aromatic heterocycles. The summed E-state index contributed by atoms with van der Waals surface area (Å²) in [5.41, 5.74) is 0.669. The number of ether oxygens (including phenoxy) is 2. The molecule has 0 radical (unpaired) electrons. The molecule has 0 heterocycles. The van der Waals surface area contributed by atoms with Crippen molar-refractivity contribution in [2.24, 2.45) is 0 Å². The van der Waals surface area contributed by atoms with Gasteiger partial charge in [0.05, 0.1) is 25.0 Å². The van der Waals surface area contributed by atoms with E-state index in [2.05, 4.69) is 4.74 Å². The average molecular weight is 297 g/mol. The summed E-state index contributed by atoms with van der Waals surface area (Å²) in [5.74, 6) is -1.40. The molecule has 0 saturated carbocycles. The Morgan fingerprint density at radius 3 is 2.65 bits per heavy atom. The average Bonchev–Trinajstić information content (AvgIpc) is 2.37. The fraction of sp³-hybridized carbons (Fsp3) is 0.385. The Labute approximate surface area is 117 Å². The van der Waals surface area contributed by atoms with Gasteiger partial charge in [-0.2, -0.15) is 5.26 Å². The van der Waals surface area contributed by atoms with Crippen LogP contribution in [0.15, 0.2) is 18.2 Å². The Balaban J connectivity index is 2.88. The Bertz CT molecular complexity index is 631. The van der Waals surface area contributed by atoms with Crippen LogP contribution in [0.5, 0.6) is 5.75 Å². The maximum absolute atomic E-state index is 11.8. The van der Waals surface area contributed by atoms with Crippen molar-refractivity contribution in [1.29, 1.82) is 5.26 Å². The van der Waals surface area contributed by atoms with Crippen LogP contribution in [0.25, 0.3) is 0 Å². The minimum atomic E-state index is -3.63. The molecule has 0 saturated heterocycles. The summed E-state index contributed by atoms with van der Waals surface area (Å²) >= 11 is 0. The van der Waals surface area contributed by atoms with Crippen molar-refractivity contribution in [3.05, 3.63) is 29.3 Å². The summed E-state index contributed by atoms with van der Waals surface area (Å²) in [4.78, 5) is 11.2.